The van der Waals surface area contributed by atoms with Gasteiger partial charge >= 0.3 is 5.97 Å². The Hall–Kier alpha value is -2.80. The molecule has 7 heteroatoms. The van der Waals surface area contributed by atoms with Gasteiger partial charge in [0.25, 0.3) is 5.56 Å². The van der Waals surface area contributed by atoms with Crippen LogP contribution in [-0.4, -0.2) is 33.5 Å². The van der Waals surface area contributed by atoms with Crippen molar-refractivity contribution in [3.63, 3.8) is 0 Å². The lowest BCUT2D eigenvalue weighted by molar-refractivity contribution is -0.133. The number of para-hydroxylation sites is 2. The first-order valence-electron chi connectivity index (χ1n) is 7.56. The third kappa shape index (κ3) is 3.66. The Labute approximate surface area is 148 Å². The SMILES string of the molecule is COc1ccccc1Cn1c(SCC(=O)O)nc2ccccc2c1=O. The van der Waals surface area contributed by atoms with Gasteiger partial charge in [-0.3, -0.25) is 14.2 Å². The summed E-state index contributed by atoms with van der Waals surface area (Å²) in [6.45, 7) is 0.253. The molecule has 0 fully saturated rings. The van der Waals surface area contributed by atoms with E-state index in [0.717, 1.165) is 17.3 Å². The molecule has 1 aromatic heterocycles. The molecule has 25 heavy (non-hydrogen) atoms. The number of thioether (sulfide) groups is 1. The molecule has 2 aromatic carbocycles. The van der Waals surface area contributed by atoms with Crippen molar-refractivity contribution in [1.82, 2.24) is 9.55 Å². The molecule has 3 rings (SSSR count). The molecular formula is C18H16N2O4S. The molecule has 0 aliphatic carbocycles. The molecule has 0 unspecified atom stereocenters. The number of hydrogen-bond donors (Lipinski definition) is 1. The summed E-state index contributed by atoms with van der Waals surface area (Å²) < 4.78 is 6.84. The first kappa shape index (κ1) is 17.0. The first-order valence-corrected chi connectivity index (χ1v) is 8.55. The lowest BCUT2D eigenvalue weighted by atomic mass is 10.2. The van der Waals surface area contributed by atoms with Crippen LogP contribution in [0, 0.1) is 0 Å². The zero-order valence-electron chi connectivity index (χ0n) is 13.5. The molecule has 1 N–H and O–H groups in total. The number of rotatable bonds is 6. The summed E-state index contributed by atoms with van der Waals surface area (Å²) in [4.78, 5) is 28.3. The van der Waals surface area contributed by atoms with Crippen molar-refractivity contribution in [2.75, 3.05) is 12.9 Å². The molecule has 0 radical (unpaired) electrons. The third-order valence-electron chi connectivity index (χ3n) is 3.67. The van der Waals surface area contributed by atoms with Crippen LogP contribution in [0.1, 0.15) is 5.56 Å². The van der Waals surface area contributed by atoms with Gasteiger partial charge in [-0.1, -0.05) is 42.1 Å². The average molecular weight is 356 g/mol. The smallest absolute Gasteiger partial charge is 0.313 e. The number of benzene rings is 2. The summed E-state index contributed by atoms with van der Waals surface area (Å²) >= 11 is 1.03. The highest BCUT2D eigenvalue weighted by molar-refractivity contribution is 7.99. The molecule has 0 spiro atoms. The van der Waals surface area contributed by atoms with Crippen molar-refractivity contribution in [2.24, 2.45) is 0 Å². The molecule has 128 valence electrons. The van der Waals surface area contributed by atoms with E-state index in [4.69, 9.17) is 9.84 Å². The Balaban J connectivity index is 2.13. The fourth-order valence-electron chi connectivity index (χ4n) is 2.53. The van der Waals surface area contributed by atoms with E-state index >= 15 is 0 Å². The van der Waals surface area contributed by atoms with Gasteiger partial charge in [0.05, 0.1) is 30.3 Å². The predicted octanol–water partition coefficient (Wildman–Crippen LogP) is 2.63. The van der Waals surface area contributed by atoms with Crippen LogP contribution in [0.5, 0.6) is 5.75 Å². The highest BCUT2D eigenvalue weighted by atomic mass is 32.2. The van der Waals surface area contributed by atoms with E-state index in [2.05, 4.69) is 4.98 Å². The van der Waals surface area contributed by atoms with E-state index in [1.165, 1.54) is 4.57 Å². The monoisotopic (exact) mass is 356 g/mol. The molecular weight excluding hydrogens is 340 g/mol. The number of fused-ring (bicyclic) bond motifs is 1. The number of methoxy groups -OCH3 is 1. The fourth-order valence-corrected chi connectivity index (χ4v) is 3.25. The molecule has 3 aromatic rings. The molecule has 0 bridgehead atoms. The van der Waals surface area contributed by atoms with Crippen LogP contribution in [0.25, 0.3) is 10.9 Å². The Morgan fingerprint density at radius 3 is 2.68 bits per heavy atom. The number of carboxylic acid groups (broad SMARTS) is 1. The van der Waals surface area contributed by atoms with Crippen LogP contribution in [0.2, 0.25) is 0 Å². The zero-order chi connectivity index (χ0) is 17.8. The zero-order valence-corrected chi connectivity index (χ0v) is 14.3. The topological polar surface area (TPSA) is 81.4 Å². The standard InChI is InChI=1S/C18H16N2O4S/c1-24-15-9-5-2-6-12(15)10-20-17(23)13-7-3-4-8-14(13)19-18(20)25-11-16(21)22/h2-9H,10-11H2,1H3,(H,21,22). The third-order valence-corrected chi connectivity index (χ3v) is 4.63. The van der Waals surface area contributed by atoms with Gasteiger partial charge < -0.3 is 9.84 Å². The highest BCUT2D eigenvalue weighted by Crippen LogP contribution is 2.22. The summed E-state index contributed by atoms with van der Waals surface area (Å²) in [6, 6.07) is 14.4. The molecule has 0 amide bonds. The number of carbonyl (C=O) groups is 1. The van der Waals surface area contributed by atoms with E-state index in [0.29, 0.717) is 21.8 Å². The van der Waals surface area contributed by atoms with Gasteiger partial charge in [-0.25, -0.2) is 4.98 Å². The minimum absolute atomic E-state index is 0.170. The van der Waals surface area contributed by atoms with Gasteiger partial charge in [0.15, 0.2) is 5.16 Å². The van der Waals surface area contributed by atoms with Crippen molar-refractivity contribution >= 4 is 28.6 Å². The maximum Gasteiger partial charge on any atom is 0.313 e. The lowest BCUT2D eigenvalue weighted by Crippen LogP contribution is -2.24. The minimum atomic E-state index is -0.962. The normalized spacial score (nSPS) is 10.8. The van der Waals surface area contributed by atoms with Crippen molar-refractivity contribution in [3.05, 3.63) is 64.4 Å². The van der Waals surface area contributed by atoms with E-state index in [9.17, 15) is 9.59 Å². The van der Waals surface area contributed by atoms with Crippen LogP contribution in [0.4, 0.5) is 0 Å². The van der Waals surface area contributed by atoms with Gasteiger partial charge in [-0.05, 0) is 18.2 Å². The summed E-state index contributed by atoms with van der Waals surface area (Å²) in [7, 11) is 1.57. The van der Waals surface area contributed by atoms with Crippen molar-refractivity contribution < 1.29 is 14.6 Å². The van der Waals surface area contributed by atoms with Crippen molar-refractivity contribution in [3.8, 4) is 5.75 Å². The van der Waals surface area contributed by atoms with E-state index < -0.39 is 5.97 Å². The molecule has 1 heterocycles. The van der Waals surface area contributed by atoms with E-state index in [1.54, 1.807) is 31.4 Å². The van der Waals surface area contributed by atoms with Gasteiger partial charge in [0.1, 0.15) is 5.75 Å². The summed E-state index contributed by atoms with van der Waals surface area (Å²) in [5.74, 6) is -0.468. The maximum absolute atomic E-state index is 12.9. The number of carboxylic acids is 1. The average Bonchev–Trinajstić information content (AvgIpc) is 2.63. The number of ether oxygens (including phenoxy) is 1. The van der Waals surface area contributed by atoms with Crippen LogP contribution in [-0.2, 0) is 11.3 Å². The van der Waals surface area contributed by atoms with Crippen LogP contribution in [0.3, 0.4) is 0 Å². The van der Waals surface area contributed by atoms with Crippen molar-refractivity contribution in [1.29, 1.82) is 0 Å². The largest absolute Gasteiger partial charge is 0.496 e. The summed E-state index contributed by atoms with van der Waals surface area (Å²) in [5, 5.41) is 9.83. The van der Waals surface area contributed by atoms with Gasteiger partial charge in [0, 0.05) is 5.56 Å². The molecule has 6 nitrogen and oxygen atoms in total. The first-order chi connectivity index (χ1) is 12.1. The number of aromatic nitrogens is 2. The van der Waals surface area contributed by atoms with Crippen molar-refractivity contribution in [2.45, 2.75) is 11.7 Å². The Morgan fingerprint density at radius 2 is 1.92 bits per heavy atom. The quantitative estimate of drug-likeness (QED) is 0.540. The number of nitrogens with zero attached hydrogens (tertiary/aromatic N) is 2. The molecule has 0 saturated carbocycles. The molecule has 0 aliphatic heterocycles. The van der Waals surface area contributed by atoms with Gasteiger partial charge in [-0.2, -0.15) is 0 Å². The molecule has 0 aliphatic rings. The summed E-state index contributed by atoms with van der Waals surface area (Å²) in [5.41, 5.74) is 1.17. The minimum Gasteiger partial charge on any atom is -0.496 e. The summed E-state index contributed by atoms with van der Waals surface area (Å²) in [6.07, 6.45) is 0. The van der Waals surface area contributed by atoms with Crippen LogP contribution in [0.15, 0.2) is 58.5 Å². The fraction of sp³-hybridized carbons (Fsp3) is 0.167. The Morgan fingerprint density at radius 1 is 1.20 bits per heavy atom. The Bertz CT molecular complexity index is 984. The maximum atomic E-state index is 12.9. The second kappa shape index (κ2) is 7.40. The Kier molecular flexibility index (Phi) is 5.04. The van der Waals surface area contributed by atoms with Crippen LogP contribution >= 0.6 is 11.8 Å². The van der Waals surface area contributed by atoms with Gasteiger partial charge in [-0.15, -0.1) is 0 Å². The number of hydrogen-bond acceptors (Lipinski definition) is 5. The molecule has 0 atom stereocenters. The molecule has 0 saturated heterocycles. The van der Waals surface area contributed by atoms with E-state index in [-0.39, 0.29) is 17.9 Å². The van der Waals surface area contributed by atoms with Crippen LogP contribution < -0.4 is 10.3 Å². The highest BCUT2D eigenvalue weighted by Gasteiger charge is 2.14. The van der Waals surface area contributed by atoms with Gasteiger partial charge in [0.2, 0.25) is 0 Å². The lowest BCUT2D eigenvalue weighted by Gasteiger charge is -2.14. The van der Waals surface area contributed by atoms with E-state index in [1.807, 2.05) is 24.3 Å². The second-order valence-electron chi connectivity index (χ2n) is 5.30. The predicted molar refractivity (Wildman–Crippen MR) is 96.5 cm³/mol. The number of aliphatic carboxylic acids is 1. The second-order valence-corrected chi connectivity index (χ2v) is 6.24.